The zero-order valence-electron chi connectivity index (χ0n) is 9.88. The van der Waals surface area contributed by atoms with E-state index in [1.54, 1.807) is 6.21 Å². The van der Waals surface area contributed by atoms with Gasteiger partial charge in [0.15, 0.2) is 0 Å². The topological polar surface area (TPSA) is 41.0 Å². The molecule has 18 heavy (non-hydrogen) atoms. The van der Waals surface area contributed by atoms with Crippen LogP contribution in [0.2, 0.25) is 0 Å². The number of aromatic amines is 1. The Morgan fingerprint density at radius 1 is 1.00 bits per heavy atom. The number of nitrogens with one attached hydrogen (secondary N) is 1. The van der Waals surface area contributed by atoms with Crippen molar-refractivity contribution in [1.29, 1.82) is 0 Å². The van der Waals surface area contributed by atoms with Gasteiger partial charge < -0.3 is 4.98 Å². The molecule has 0 amide bonds. The van der Waals surface area contributed by atoms with Crippen molar-refractivity contribution >= 4 is 17.2 Å². The molecule has 0 saturated heterocycles. The highest BCUT2D eigenvalue weighted by Crippen LogP contribution is 2.09. The molecule has 0 radical (unpaired) electrons. The minimum absolute atomic E-state index is 0.678. The lowest BCUT2D eigenvalue weighted by Gasteiger charge is -1.93. The molecule has 0 aliphatic heterocycles. The molecule has 0 saturated carbocycles. The number of imidazole rings is 1. The number of nitrogens with zero attached hydrogens (tertiary/aromatic N) is 2. The third-order valence-electron chi connectivity index (χ3n) is 2.74. The maximum absolute atomic E-state index is 4.44. The summed E-state index contributed by atoms with van der Waals surface area (Å²) < 4.78 is 0. The lowest BCUT2D eigenvalue weighted by atomic mass is 10.2. The molecule has 3 nitrogen and oxygen atoms in total. The minimum atomic E-state index is 0.678. The van der Waals surface area contributed by atoms with E-state index in [4.69, 9.17) is 0 Å². The standard InChI is InChI=1S/C15H13N3/c1-2-6-12(7-3-1)10-16-11-15-17-13-8-4-5-9-14(13)18-15/h1-9,11H,10H2,(H,17,18)/b16-11+. The highest BCUT2D eigenvalue weighted by atomic mass is 14.9. The molecule has 0 unspecified atom stereocenters. The first-order valence-corrected chi connectivity index (χ1v) is 5.90. The van der Waals surface area contributed by atoms with E-state index in [0.717, 1.165) is 16.9 Å². The fourth-order valence-electron chi connectivity index (χ4n) is 1.85. The Morgan fingerprint density at radius 2 is 1.78 bits per heavy atom. The van der Waals surface area contributed by atoms with Crippen LogP contribution in [-0.2, 0) is 6.54 Å². The van der Waals surface area contributed by atoms with Crippen LogP contribution in [0, 0.1) is 0 Å². The average molecular weight is 235 g/mol. The molecule has 1 N–H and O–H groups in total. The maximum atomic E-state index is 4.44. The zero-order valence-corrected chi connectivity index (χ0v) is 9.88. The molecule has 0 fully saturated rings. The molecule has 3 heteroatoms. The third-order valence-corrected chi connectivity index (χ3v) is 2.74. The van der Waals surface area contributed by atoms with Crippen LogP contribution in [0.25, 0.3) is 11.0 Å². The van der Waals surface area contributed by atoms with Crippen molar-refractivity contribution in [2.24, 2.45) is 4.99 Å². The van der Waals surface area contributed by atoms with Gasteiger partial charge in [-0.05, 0) is 17.7 Å². The number of aliphatic imine (C=N–C) groups is 1. The van der Waals surface area contributed by atoms with Crippen LogP contribution < -0.4 is 0 Å². The van der Waals surface area contributed by atoms with Gasteiger partial charge in [-0.25, -0.2) is 4.98 Å². The molecule has 0 atom stereocenters. The monoisotopic (exact) mass is 235 g/mol. The first kappa shape index (κ1) is 10.7. The maximum Gasteiger partial charge on any atom is 0.149 e. The number of benzene rings is 2. The predicted octanol–water partition coefficient (Wildman–Crippen LogP) is 3.18. The first-order valence-electron chi connectivity index (χ1n) is 5.90. The van der Waals surface area contributed by atoms with Crippen LogP contribution in [0.3, 0.4) is 0 Å². The summed E-state index contributed by atoms with van der Waals surface area (Å²) >= 11 is 0. The van der Waals surface area contributed by atoms with Crippen molar-refractivity contribution in [3.63, 3.8) is 0 Å². The van der Waals surface area contributed by atoms with E-state index < -0.39 is 0 Å². The van der Waals surface area contributed by atoms with Crippen LogP contribution in [-0.4, -0.2) is 16.2 Å². The third kappa shape index (κ3) is 2.30. The largest absolute Gasteiger partial charge is 0.337 e. The lowest BCUT2D eigenvalue weighted by molar-refractivity contribution is 1.07. The van der Waals surface area contributed by atoms with Crippen molar-refractivity contribution in [2.75, 3.05) is 0 Å². The second-order valence-corrected chi connectivity index (χ2v) is 4.09. The summed E-state index contributed by atoms with van der Waals surface area (Å²) in [5, 5.41) is 0. The van der Waals surface area contributed by atoms with Crippen LogP contribution in [0.4, 0.5) is 0 Å². The molecular weight excluding hydrogens is 222 g/mol. The fraction of sp³-hybridized carbons (Fsp3) is 0.0667. The Bertz CT molecular complexity index is 635. The average Bonchev–Trinajstić information content (AvgIpc) is 2.82. The van der Waals surface area contributed by atoms with Gasteiger partial charge in [-0.2, -0.15) is 0 Å². The fourth-order valence-corrected chi connectivity index (χ4v) is 1.85. The summed E-state index contributed by atoms with van der Waals surface area (Å²) in [7, 11) is 0. The zero-order chi connectivity index (χ0) is 12.2. The van der Waals surface area contributed by atoms with Crippen molar-refractivity contribution in [3.8, 4) is 0 Å². The van der Waals surface area contributed by atoms with E-state index in [0.29, 0.717) is 6.54 Å². The van der Waals surface area contributed by atoms with Crippen molar-refractivity contribution in [2.45, 2.75) is 6.54 Å². The van der Waals surface area contributed by atoms with Gasteiger partial charge >= 0.3 is 0 Å². The molecular formula is C15H13N3. The Morgan fingerprint density at radius 3 is 2.61 bits per heavy atom. The molecule has 0 bridgehead atoms. The molecule has 0 aliphatic carbocycles. The molecule has 0 aliphatic rings. The minimum Gasteiger partial charge on any atom is -0.337 e. The van der Waals surface area contributed by atoms with E-state index >= 15 is 0 Å². The summed E-state index contributed by atoms with van der Waals surface area (Å²) in [6, 6.07) is 18.1. The van der Waals surface area contributed by atoms with Crippen molar-refractivity contribution in [3.05, 3.63) is 66.0 Å². The van der Waals surface area contributed by atoms with Crippen LogP contribution >= 0.6 is 0 Å². The number of para-hydroxylation sites is 2. The van der Waals surface area contributed by atoms with E-state index in [1.165, 1.54) is 5.56 Å². The van der Waals surface area contributed by atoms with E-state index in [1.807, 2.05) is 42.5 Å². The highest BCUT2D eigenvalue weighted by Gasteiger charge is 1.98. The highest BCUT2D eigenvalue weighted by molar-refractivity contribution is 5.83. The second kappa shape index (κ2) is 4.84. The Hall–Kier alpha value is -2.42. The molecule has 1 heterocycles. The normalized spacial score (nSPS) is 11.3. The molecule has 3 rings (SSSR count). The number of hydrogen-bond acceptors (Lipinski definition) is 2. The Balaban J connectivity index is 1.76. The molecule has 0 spiro atoms. The summed E-state index contributed by atoms with van der Waals surface area (Å²) in [5.41, 5.74) is 3.21. The smallest absolute Gasteiger partial charge is 0.149 e. The molecule has 88 valence electrons. The number of aromatic nitrogens is 2. The van der Waals surface area contributed by atoms with Gasteiger partial charge in [-0.1, -0.05) is 42.5 Å². The summed E-state index contributed by atoms with van der Waals surface area (Å²) in [6.07, 6.45) is 1.78. The number of fused-ring (bicyclic) bond motifs is 1. The van der Waals surface area contributed by atoms with Crippen LogP contribution in [0.15, 0.2) is 59.6 Å². The van der Waals surface area contributed by atoms with Gasteiger partial charge in [0, 0.05) is 0 Å². The summed E-state index contributed by atoms with van der Waals surface area (Å²) in [6.45, 7) is 0.678. The molecule has 2 aromatic carbocycles. The number of rotatable bonds is 3. The summed E-state index contributed by atoms with van der Waals surface area (Å²) in [4.78, 5) is 12.0. The van der Waals surface area contributed by atoms with Crippen molar-refractivity contribution < 1.29 is 0 Å². The van der Waals surface area contributed by atoms with Gasteiger partial charge in [-0.15, -0.1) is 0 Å². The van der Waals surface area contributed by atoms with Gasteiger partial charge in [0.2, 0.25) is 0 Å². The first-order chi connectivity index (χ1) is 8.92. The Labute approximate surface area is 105 Å². The van der Waals surface area contributed by atoms with Crippen molar-refractivity contribution in [1.82, 2.24) is 9.97 Å². The quantitative estimate of drug-likeness (QED) is 0.696. The Kier molecular flexibility index (Phi) is 2.88. The van der Waals surface area contributed by atoms with Crippen LogP contribution in [0.1, 0.15) is 11.4 Å². The van der Waals surface area contributed by atoms with E-state index in [9.17, 15) is 0 Å². The van der Waals surface area contributed by atoms with Gasteiger partial charge in [0.1, 0.15) is 5.82 Å². The summed E-state index contributed by atoms with van der Waals surface area (Å²) in [5.74, 6) is 0.798. The molecule has 3 aromatic rings. The number of hydrogen-bond donors (Lipinski definition) is 1. The van der Waals surface area contributed by atoms with Gasteiger partial charge in [0.05, 0.1) is 23.8 Å². The predicted molar refractivity (Wildman–Crippen MR) is 73.8 cm³/mol. The van der Waals surface area contributed by atoms with Gasteiger partial charge in [-0.3, -0.25) is 4.99 Å². The second-order valence-electron chi connectivity index (χ2n) is 4.09. The van der Waals surface area contributed by atoms with Gasteiger partial charge in [0.25, 0.3) is 0 Å². The van der Waals surface area contributed by atoms with Crippen LogP contribution in [0.5, 0.6) is 0 Å². The van der Waals surface area contributed by atoms with E-state index in [-0.39, 0.29) is 0 Å². The lowest BCUT2D eigenvalue weighted by Crippen LogP contribution is -1.86. The van der Waals surface area contributed by atoms with E-state index in [2.05, 4.69) is 27.1 Å². The SMILES string of the molecule is C(=N\Cc1ccccc1)/c1nc2ccccc2[nH]1. The molecule has 1 aromatic heterocycles. The number of H-pyrrole nitrogens is 1.